The van der Waals surface area contributed by atoms with Gasteiger partial charge in [-0.25, -0.2) is 8.42 Å². The number of nitrogens with two attached hydrogens (primary N) is 1. The number of sulfonamides is 1. The van der Waals surface area contributed by atoms with Gasteiger partial charge in [0.2, 0.25) is 0 Å². The zero-order valence-corrected chi connectivity index (χ0v) is 15.6. The highest BCUT2D eigenvalue weighted by molar-refractivity contribution is 9.11. The Labute approximate surface area is 145 Å². The van der Waals surface area contributed by atoms with E-state index in [-0.39, 0.29) is 10.6 Å². The average Bonchev–Trinajstić information content (AvgIpc) is 2.30. The number of aryl methyl sites for hydroxylation is 1. The maximum Gasteiger partial charge on any atom is 0.265 e. The van der Waals surface area contributed by atoms with E-state index in [1.54, 1.807) is 31.2 Å². The Morgan fingerprint density at radius 2 is 1.86 bits per heavy atom. The van der Waals surface area contributed by atoms with Crippen LogP contribution in [-0.4, -0.2) is 8.42 Å². The molecule has 0 aliphatic heterocycles. The summed E-state index contributed by atoms with van der Waals surface area (Å²) in [6.07, 6.45) is 0. The molecule has 0 saturated heterocycles. The Morgan fingerprint density at radius 1 is 1.19 bits per heavy atom. The Morgan fingerprint density at radius 3 is 2.43 bits per heavy atom. The van der Waals surface area contributed by atoms with Crippen LogP contribution in [0.4, 0.5) is 11.4 Å². The van der Waals surface area contributed by atoms with Gasteiger partial charge >= 0.3 is 0 Å². The van der Waals surface area contributed by atoms with Crippen molar-refractivity contribution in [3.8, 4) is 0 Å². The molecule has 2 aromatic rings. The van der Waals surface area contributed by atoms with Gasteiger partial charge in [-0.05, 0) is 58.7 Å². The monoisotopic (exact) mass is 452 g/mol. The molecule has 21 heavy (non-hydrogen) atoms. The van der Waals surface area contributed by atoms with Crippen LogP contribution in [0.5, 0.6) is 0 Å². The van der Waals surface area contributed by atoms with Crippen molar-refractivity contribution in [3.05, 3.63) is 49.9 Å². The van der Waals surface area contributed by atoms with Crippen molar-refractivity contribution in [2.24, 2.45) is 0 Å². The van der Waals surface area contributed by atoms with Gasteiger partial charge < -0.3 is 5.73 Å². The number of nitrogens with one attached hydrogen (secondary N) is 1. The fraction of sp³-hybridized carbons (Fsp3) is 0.0769. The zero-order valence-electron chi connectivity index (χ0n) is 10.8. The summed E-state index contributed by atoms with van der Waals surface area (Å²) in [6.45, 7) is 1.77. The first-order valence-corrected chi connectivity index (χ1v) is 9.19. The first kappa shape index (κ1) is 16.6. The van der Waals surface area contributed by atoms with E-state index in [1.165, 1.54) is 6.07 Å². The van der Waals surface area contributed by atoms with Crippen molar-refractivity contribution in [2.75, 3.05) is 10.5 Å². The summed E-state index contributed by atoms with van der Waals surface area (Å²) in [5, 5.41) is 0.541. The number of hydrogen-bond donors (Lipinski definition) is 2. The molecule has 0 aromatic heterocycles. The van der Waals surface area contributed by atoms with Crippen molar-refractivity contribution in [2.45, 2.75) is 11.8 Å². The van der Waals surface area contributed by atoms with E-state index in [4.69, 9.17) is 17.3 Å². The second-order valence-electron chi connectivity index (χ2n) is 4.37. The maximum absolute atomic E-state index is 12.5. The normalized spacial score (nSPS) is 11.4. The maximum atomic E-state index is 12.5. The van der Waals surface area contributed by atoms with E-state index in [2.05, 4.69) is 36.6 Å². The molecule has 4 nitrogen and oxygen atoms in total. The van der Waals surface area contributed by atoms with Crippen LogP contribution in [0.15, 0.2) is 44.2 Å². The summed E-state index contributed by atoms with van der Waals surface area (Å²) in [5.41, 5.74) is 7.15. The first-order valence-electron chi connectivity index (χ1n) is 5.74. The summed E-state index contributed by atoms with van der Waals surface area (Å²) >= 11 is 12.4. The van der Waals surface area contributed by atoms with Crippen LogP contribution in [0.25, 0.3) is 0 Å². The fourth-order valence-corrected chi connectivity index (χ4v) is 5.23. The lowest BCUT2D eigenvalue weighted by Crippen LogP contribution is -2.16. The van der Waals surface area contributed by atoms with Crippen molar-refractivity contribution >= 4 is 64.9 Å². The molecule has 112 valence electrons. The van der Waals surface area contributed by atoms with Gasteiger partial charge in [-0.1, -0.05) is 27.5 Å². The van der Waals surface area contributed by atoms with Crippen LogP contribution >= 0.6 is 43.5 Å². The molecule has 0 radical (unpaired) electrons. The van der Waals surface area contributed by atoms with E-state index in [0.717, 1.165) is 5.56 Å². The molecule has 0 aliphatic rings. The van der Waals surface area contributed by atoms with Crippen molar-refractivity contribution in [3.63, 3.8) is 0 Å². The van der Waals surface area contributed by atoms with E-state index < -0.39 is 10.0 Å². The molecule has 0 fully saturated rings. The van der Waals surface area contributed by atoms with Crippen LogP contribution in [-0.2, 0) is 10.0 Å². The predicted octanol–water partition coefficient (Wildman–Crippen LogP) is 4.56. The highest BCUT2D eigenvalue weighted by Gasteiger charge is 2.22. The summed E-state index contributed by atoms with van der Waals surface area (Å²) in [7, 11) is -3.81. The molecule has 2 rings (SSSR count). The number of nitrogen functional groups attached to an aromatic ring is 1. The quantitative estimate of drug-likeness (QED) is 0.668. The van der Waals surface area contributed by atoms with Crippen LogP contribution in [0.3, 0.4) is 0 Å². The fourth-order valence-electron chi connectivity index (χ4n) is 1.80. The summed E-state index contributed by atoms with van der Waals surface area (Å²) in [6, 6.07) is 8.07. The highest BCUT2D eigenvalue weighted by Crippen LogP contribution is 2.33. The van der Waals surface area contributed by atoms with Crippen molar-refractivity contribution in [1.29, 1.82) is 0 Å². The van der Waals surface area contributed by atoms with E-state index in [0.29, 0.717) is 19.7 Å². The first-order chi connectivity index (χ1) is 9.70. The van der Waals surface area contributed by atoms with Gasteiger partial charge in [0.25, 0.3) is 10.0 Å². The minimum absolute atomic E-state index is 0.0000463. The molecular weight excluding hydrogens is 443 g/mol. The molecule has 8 heteroatoms. The molecule has 0 amide bonds. The second kappa shape index (κ2) is 6.16. The minimum Gasteiger partial charge on any atom is -0.398 e. The molecule has 0 heterocycles. The van der Waals surface area contributed by atoms with Gasteiger partial charge in [0, 0.05) is 14.0 Å². The number of benzene rings is 2. The molecule has 0 atom stereocenters. The zero-order chi connectivity index (χ0) is 15.8. The predicted molar refractivity (Wildman–Crippen MR) is 93.3 cm³/mol. The van der Waals surface area contributed by atoms with Gasteiger partial charge in [0.15, 0.2) is 0 Å². The van der Waals surface area contributed by atoms with Gasteiger partial charge in [-0.2, -0.15) is 0 Å². The van der Waals surface area contributed by atoms with Crippen molar-refractivity contribution < 1.29 is 8.42 Å². The third kappa shape index (κ3) is 3.71. The third-order valence-corrected chi connectivity index (χ3v) is 5.80. The Hall–Kier alpha value is -0.760. The summed E-state index contributed by atoms with van der Waals surface area (Å²) in [4.78, 5) is 0.0000463. The third-order valence-electron chi connectivity index (χ3n) is 2.74. The number of anilines is 2. The smallest absolute Gasteiger partial charge is 0.265 e. The van der Waals surface area contributed by atoms with E-state index in [1.807, 2.05) is 0 Å². The SMILES string of the molecule is Cc1cc(Cl)ccc1NS(=O)(=O)c1c(N)cc(Br)cc1Br. The molecule has 0 bridgehead atoms. The van der Waals surface area contributed by atoms with Crippen molar-refractivity contribution in [1.82, 2.24) is 0 Å². The largest absolute Gasteiger partial charge is 0.398 e. The van der Waals surface area contributed by atoms with Crippen LogP contribution in [0.2, 0.25) is 5.02 Å². The average molecular weight is 455 g/mol. The van der Waals surface area contributed by atoms with Crippen LogP contribution < -0.4 is 10.5 Å². The van der Waals surface area contributed by atoms with Gasteiger partial charge in [0.05, 0.1) is 11.4 Å². The molecule has 0 aliphatic carbocycles. The summed E-state index contributed by atoms with van der Waals surface area (Å²) < 4.78 is 28.6. The Balaban J connectivity index is 2.48. The molecular formula is C13H11Br2ClN2O2S. The highest BCUT2D eigenvalue weighted by atomic mass is 79.9. The van der Waals surface area contributed by atoms with Gasteiger partial charge in [0.1, 0.15) is 4.90 Å². The number of hydrogen-bond acceptors (Lipinski definition) is 3. The Bertz CT molecular complexity index is 787. The van der Waals surface area contributed by atoms with Crippen LogP contribution in [0.1, 0.15) is 5.56 Å². The molecule has 3 N–H and O–H groups in total. The molecule has 0 spiro atoms. The van der Waals surface area contributed by atoms with E-state index >= 15 is 0 Å². The topological polar surface area (TPSA) is 72.2 Å². The van der Waals surface area contributed by atoms with Gasteiger partial charge in [-0.15, -0.1) is 0 Å². The number of halogens is 3. The molecule has 0 unspecified atom stereocenters. The number of rotatable bonds is 3. The standard InChI is InChI=1S/C13H11Br2ClN2O2S/c1-7-4-9(16)2-3-12(7)18-21(19,20)13-10(15)5-8(14)6-11(13)17/h2-6,18H,17H2,1H3. The minimum atomic E-state index is -3.81. The second-order valence-corrected chi connectivity index (χ2v) is 8.20. The lowest BCUT2D eigenvalue weighted by atomic mass is 10.2. The lowest BCUT2D eigenvalue weighted by Gasteiger charge is -2.14. The van der Waals surface area contributed by atoms with Crippen LogP contribution in [0, 0.1) is 6.92 Å². The Kier molecular flexibility index (Phi) is 4.87. The summed E-state index contributed by atoms with van der Waals surface area (Å²) in [5.74, 6) is 0. The molecule has 2 aromatic carbocycles. The molecule has 0 saturated carbocycles. The van der Waals surface area contributed by atoms with Gasteiger partial charge in [-0.3, -0.25) is 4.72 Å². The lowest BCUT2D eigenvalue weighted by molar-refractivity contribution is 0.601. The van der Waals surface area contributed by atoms with E-state index in [9.17, 15) is 8.42 Å².